The molecule has 2 heterocycles. The molecule has 1 saturated heterocycles. The van der Waals surface area contributed by atoms with Crippen molar-refractivity contribution in [2.45, 2.75) is 45.3 Å². The van der Waals surface area contributed by atoms with Crippen molar-refractivity contribution in [1.29, 1.82) is 0 Å². The highest BCUT2D eigenvalue weighted by molar-refractivity contribution is 5.76. The van der Waals surface area contributed by atoms with Gasteiger partial charge in [-0.25, -0.2) is 4.98 Å². The molecule has 2 aromatic rings. The van der Waals surface area contributed by atoms with Crippen LogP contribution in [0.2, 0.25) is 0 Å². The summed E-state index contributed by atoms with van der Waals surface area (Å²) in [5.41, 5.74) is 1.18. The van der Waals surface area contributed by atoms with E-state index < -0.39 is 0 Å². The van der Waals surface area contributed by atoms with E-state index >= 15 is 0 Å². The lowest BCUT2D eigenvalue weighted by Gasteiger charge is -2.27. The lowest BCUT2D eigenvalue weighted by atomic mass is 10.1. The zero-order valence-electron chi connectivity index (χ0n) is 15.4. The van der Waals surface area contributed by atoms with Gasteiger partial charge < -0.3 is 14.6 Å². The third-order valence-electron chi connectivity index (χ3n) is 4.82. The number of hydrogen-bond donors (Lipinski definition) is 1. The average molecular weight is 356 g/mol. The number of ether oxygens (including phenoxy) is 1. The number of nitrogens with one attached hydrogen (secondary N) is 1. The largest absolute Gasteiger partial charge is 0.493 e. The molecule has 6 heteroatoms. The summed E-state index contributed by atoms with van der Waals surface area (Å²) in [6.45, 7) is 6.13. The van der Waals surface area contributed by atoms with Crippen LogP contribution in [0.4, 0.5) is 0 Å². The van der Waals surface area contributed by atoms with Crippen molar-refractivity contribution in [3.8, 4) is 5.75 Å². The van der Waals surface area contributed by atoms with Crippen LogP contribution in [0.3, 0.4) is 0 Å². The Kier molecular flexibility index (Phi) is 6.66. The third kappa shape index (κ3) is 5.33. The molecule has 0 unspecified atom stereocenters. The van der Waals surface area contributed by atoms with Gasteiger partial charge in [0, 0.05) is 56.6 Å². The maximum Gasteiger partial charge on any atom is 0.221 e. The fraction of sp³-hybridized carbons (Fsp3) is 0.500. The number of rotatable bonds is 8. The van der Waals surface area contributed by atoms with Gasteiger partial charge in [-0.05, 0) is 25.8 Å². The Morgan fingerprint density at radius 2 is 2.19 bits per heavy atom. The highest BCUT2D eigenvalue weighted by Gasteiger charge is 2.21. The summed E-state index contributed by atoms with van der Waals surface area (Å²) in [6, 6.07) is 8.55. The fourth-order valence-electron chi connectivity index (χ4n) is 3.17. The van der Waals surface area contributed by atoms with Crippen molar-refractivity contribution < 1.29 is 9.53 Å². The number of imidazole rings is 1. The number of benzene rings is 1. The van der Waals surface area contributed by atoms with Crippen LogP contribution < -0.4 is 10.1 Å². The standard InChI is InChI=1S/C20H28N4O2/c1-17-14-22-20(25)8-11-24(17)15-18-6-2-3-7-19(18)26-13-5-4-10-23-12-9-21-16-23/h2-3,6-7,9,12,16-17H,4-5,8,10-11,13-15H2,1H3,(H,22,25)/t17-/m1/s1. The number of para-hydroxylation sites is 1. The van der Waals surface area contributed by atoms with Gasteiger partial charge in [0.15, 0.2) is 0 Å². The molecular formula is C20H28N4O2. The molecule has 0 radical (unpaired) electrons. The van der Waals surface area contributed by atoms with E-state index in [2.05, 4.69) is 32.8 Å². The first-order valence-electron chi connectivity index (χ1n) is 9.39. The predicted molar refractivity (Wildman–Crippen MR) is 101 cm³/mol. The number of nitrogens with zero attached hydrogens (tertiary/aromatic N) is 3. The van der Waals surface area contributed by atoms with E-state index in [0.717, 1.165) is 38.2 Å². The highest BCUT2D eigenvalue weighted by atomic mass is 16.5. The molecule has 1 N–H and O–H groups in total. The van der Waals surface area contributed by atoms with Gasteiger partial charge in [0.25, 0.3) is 0 Å². The molecule has 3 rings (SSSR count). The maximum absolute atomic E-state index is 11.6. The van der Waals surface area contributed by atoms with E-state index in [4.69, 9.17) is 4.74 Å². The van der Waals surface area contributed by atoms with E-state index in [1.807, 2.05) is 30.7 Å². The van der Waals surface area contributed by atoms with E-state index in [1.54, 1.807) is 6.20 Å². The SMILES string of the molecule is C[C@@H]1CNC(=O)CCN1Cc1ccccc1OCCCCn1ccnc1. The van der Waals surface area contributed by atoms with E-state index in [1.165, 1.54) is 5.56 Å². The van der Waals surface area contributed by atoms with Crippen LogP contribution in [0.5, 0.6) is 5.75 Å². The summed E-state index contributed by atoms with van der Waals surface area (Å²) >= 11 is 0. The molecule has 26 heavy (non-hydrogen) atoms. The summed E-state index contributed by atoms with van der Waals surface area (Å²) < 4.78 is 8.14. The summed E-state index contributed by atoms with van der Waals surface area (Å²) in [7, 11) is 0. The lowest BCUT2D eigenvalue weighted by Crippen LogP contribution is -2.37. The molecular weight excluding hydrogens is 328 g/mol. The number of aromatic nitrogens is 2. The first-order valence-corrected chi connectivity index (χ1v) is 9.39. The van der Waals surface area contributed by atoms with Crippen molar-refractivity contribution in [1.82, 2.24) is 19.8 Å². The van der Waals surface area contributed by atoms with Crippen LogP contribution in [-0.4, -0.2) is 46.1 Å². The molecule has 1 atom stereocenters. The Labute approximate surface area is 155 Å². The number of hydrogen-bond acceptors (Lipinski definition) is 4. The van der Waals surface area contributed by atoms with Gasteiger partial charge in [0.05, 0.1) is 12.9 Å². The number of unbranched alkanes of at least 4 members (excludes halogenated alkanes) is 1. The Morgan fingerprint density at radius 1 is 1.31 bits per heavy atom. The summed E-state index contributed by atoms with van der Waals surface area (Å²) in [5.74, 6) is 1.09. The second kappa shape index (κ2) is 9.38. The first kappa shape index (κ1) is 18.5. The maximum atomic E-state index is 11.6. The monoisotopic (exact) mass is 356 g/mol. The first-order chi connectivity index (χ1) is 12.7. The van der Waals surface area contributed by atoms with Crippen LogP contribution in [0.1, 0.15) is 31.7 Å². The quantitative estimate of drug-likeness (QED) is 0.738. The molecule has 140 valence electrons. The van der Waals surface area contributed by atoms with Crippen LogP contribution in [0.15, 0.2) is 43.0 Å². The molecule has 0 aliphatic carbocycles. The van der Waals surface area contributed by atoms with Gasteiger partial charge >= 0.3 is 0 Å². The number of aryl methyl sites for hydroxylation is 1. The Bertz CT molecular complexity index is 687. The Morgan fingerprint density at radius 3 is 3.04 bits per heavy atom. The molecule has 1 aliphatic heterocycles. The molecule has 1 aromatic carbocycles. The predicted octanol–water partition coefficient (Wildman–Crippen LogP) is 2.45. The Hall–Kier alpha value is -2.34. The van der Waals surface area contributed by atoms with Crippen LogP contribution in [0, 0.1) is 0 Å². The fourth-order valence-corrected chi connectivity index (χ4v) is 3.17. The zero-order valence-corrected chi connectivity index (χ0v) is 15.4. The van der Waals surface area contributed by atoms with Gasteiger partial charge in [-0.2, -0.15) is 0 Å². The Balaban J connectivity index is 1.50. The van der Waals surface area contributed by atoms with Crippen molar-refractivity contribution in [2.24, 2.45) is 0 Å². The minimum absolute atomic E-state index is 0.141. The molecule has 1 amide bonds. The highest BCUT2D eigenvalue weighted by Crippen LogP contribution is 2.22. The van der Waals surface area contributed by atoms with Crippen molar-refractivity contribution in [3.63, 3.8) is 0 Å². The number of amides is 1. The van der Waals surface area contributed by atoms with E-state index in [-0.39, 0.29) is 5.91 Å². The second-order valence-electron chi connectivity index (χ2n) is 6.84. The smallest absolute Gasteiger partial charge is 0.221 e. The summed E-state index contributed by atoms with van der Waals surface area (Å²) in [6.07, 6.45) is 8.26. The number of carbonyl (C=O) groups excluding carboxylic acids is 1. The average Bonchev–Trinajstić information content (AvgIpc) is 3.12. The second-order valence-corrected chi connectivity index (χ2v) is 6.84. The van der Waals surface area contributed by atoms with Gasteiger partial charge in [-0.15, -0.1) is 0 Å². The molecule has 0 saturated carbocycles. The lowest BCUT2D eigenvalue weighted by molar-refractivity contribution is -0.120. The molecule has 0 spiro atoms. The van der Waals surface area contributed by atoms with Crippen molar-refractivity contribution in [2.75, 3.05) is 19.7 Å². The van der Waals surface area contributed by atoms with E-state index in [0.29, 0.717) is 25.6 Å². The van der Waals surface area contributed by atoms with Gasteiger partial charge in [-0.1, -0.05) is 18.2 Å². The van der Waals surface area contributed by atoms with Gasteiger partial charge in [-0.3, -0.25) is 9.69 Å². The normalized spacial score (nSPS) is 18.3. The van der Waals surface area contributed by atoms with Crippen molar-refractivity contribution in [3.05, 3.63) is 48.5 Å². The summed E-state index contributed by atoms with van der Waals surface area (Å²) in [4.78, 5) is 18.0. The third-order valence-corrected chi connectivity index (χ3v) is 4.82. The minimum Gasteiger partial charge on any atom is -0.493 e. The summed E-state index contributed by atoms with van der Waals surface area (Å²) in [5, 5.41) is 2.97. The van der Waals surface area contributed by atoms with Crippen LogP contribution in [-0.2, 0) is 17.9 Å². The molecule has 0 bridgehead atoms. The van der Waals surface area contributed by atoms with Crippen LogP contribution >= 0.6 is 0 Å². The topological polar surface area (TPSA) is 59.4 Å². The van der Waals surface area contributed by atoms with Crippen molar-refractivity contribution >= 4 is 5.91 Å². The molecule has 1 aromatic heterocycles. The van der Waals surface area contributed by atoms with E-state index in [9.17, 15) is 4.79 Å². The number of carbonyl (C=O) groups is 1. The molecule has 1 aliphatic rings. The zero-order chi connectivity index (χ0) is 18.2. The minimum atomic E-state index is 0.141. The van der Waals surface area contributed by atoms with Crippen LogP contribution in [0.25, 0.3) is 0 Å². The molecule has 1 fully saturated rings. The van der Waals surface area contributed by atoms with Gasteiger partial charge in [0.2, 0.25) is 5.91 Å². The molecule has 6 nitrogen and oxygen atoms in total. The van der Waals surface area contributed by atoms with Gasteiger partial charge in [0.1, 0.15) is 5.75 Å².